The molecule has 0 spiro atoms. The summed E-state index contributed by atoms with van der Waals surface area (Å²) in [5, 5.41) is 17.1. The van der Waals surface area contributed by atoms with Crippen molar-refractivity contribution in [1.82, 2.24) is 35.1 Å². The van der Waals surface area contributed by atoms with E-state index in [1.54, 1.807) is 6.07 Å². The number of aromatic nitrogens is 6. The second-order valence-electron chi connectivity index (χ2n) is 6.37. The molecule has 28 heavy (non-hydrogen) atoms. The maximum absolute atomic E-state index is 14.0. The van der Waals surface area contributed by atoms with Crippen LogP contribution in [0.5, 0.6) is 0 Å². The van der Waals surface area contributed by atoms with Gasteiger partial charge in [-0.2, -0.15) is 10.3 Å². The Morgan fingerprint density at radius 2 is 2.07 bits per heavy atom. The van der Waals surface area contributed by atoms with Crippen LogP contribution in [-0.4, -0.2) is 45.4 Å². The van der Waals surface area contributed by atoms with Gasteiger partial charge in [0, 0.05) is 18.5 Å². The summed E-state index contributed by atoms with van der Waals surface area (Å²) in [5.74, 6) is -0.346. The number of sulfonamides is 1. The standard InChI is InChI=1S/C16H16FN7O3S/c17-13-4-3-11(9-12(13)16-19-22-23-20-16)28(26,27)18-7-8-24-15(25)6-5-14(21-24)10-1-2-10/h3-6,9-10,18H,1-2,7-8H2,(H,19,20,22,23). The lowest BCUT2D eigenvalue weighted by Gasteiger charge is -2.10. The molecule has 0 bridgehead atoms. The molecule has 2 heterocycles. The predicted octanol–water partition coefficient (Wildman–Crippen LogP) is 0.418. The summed E-state index contributed by atoms with van der Waals surface area (Å²) < 4.78 is 42.6. The number of nitrogens with one attached hydrogen (secondary N) is 2. The Morgan fingerprint density at radius 1 is 1.25 bits per heavy atom. The number of hydrogen-bond acceptors (Lipinski definition) is 7. The molecule has 0 saturated heterocycles. The maximum Gasteiger partial charge on any atom is 0.266 e. The quantitative estimate of drug-likeness (QED) is 0.581. The van der Waals surface area contributed by atoms with Crippen molar-refractivity contribution in [2.24, 2.45) is 0 Å². The molecule has 2 aromatic heterocycles. The first kappa shape index (κ1) is 18.4. The fourth-order valence-corrected chi connectivity index (χ4v) is 3.76. The van der Waals surface area contributed by atoms with Gasteiger partial charge in [-0.3, -0.25) is 4.79 Å². The molecule has 0 aliphatic heterocycles. The van der Waals surface area contributed by atoms with Gasteiger partial charge in [-0.05, 0) is 42.3 Å². The highest BCUT2D eigenvalue weighted by atomic mass is 32.2. The zero-order chi connectivity index (χ0) is 19.7. The van der Waals surface area contributed by atoms with Crippen molar-refractivity contribution in [3.05, 3.63) is 52.2 Å². The fraction of sp³-hybridized carbons (Fsp3) is 0.312. The Morgan fingerprint density at radius 3 is 2.79 bits per heavy atom. The molecule has 12 heteroatoms. The lowest BCUT2D eigenvalue weighted by atomic mass is 10.2. The van der Waals surface area contributed by atoms with Crippen LogP contribution in [0.15, 0.2) is 40.0 Å². The summed E-state index contributed by atoms with van der Waals surface area (Å²) in [6.07, 6.45) is 2.09. The van der Waals surface area contributed by atoms with Crippen LogP contribution >= 0.6 is 0 Å². The van der Waals surface area contributed by atoms with Crippen LogP contribution in [0.1, 0.15) is 24.5 Å². The Labute approximate surface area is 158 Å². The van der Waals surface area contributed by atoms with Gasteiger partial charge in [0.2, 0.25) is 15.8 Å². The highest BCUT2D eigenvalue weighted by Gasteiger charge is 2.25. The minimum Gasteiger partial charge on any atom is -0.268 e. The number of nitrogens with zero attached hydrogens (tertiary/aromatic N) is 5. The van der Waals surface area contributed by atoms with Crippen molar-refractivity contribution in [2.45, 2.75) is 30.2 Å². The van der Waals surface area contributed by atoms with E-state index >= 15 is 0 Å². The smallest absolute Gasteiger partial charge is 0.266 e. The molecule has 0 unspecified atom stereocenters. The van der Waals surface area contributed by atoms with Gasteiger partial charge in [-0.1, -0.05) is 0 Å². The molecular formula is C16H16FN7O3S. The number of aromatic amines is 1. The number of benzene rings is 1. The number of tetrazole rings is 1. The highest BCUT2D eigenvalue weighted by Crippen LogP contribution is 2.38. The number of halogens is 1. The Hall–Kier alpha value is -2.99. The van der Waals surface area contributed by atoms with Crippen LogP contribution < -0.4 is 10.3 Å². The fourth-order valence-electron chi connectivity index (χ4n) is 2.71. The molecular weight excluding hydrogens is 389 g/mol. The van der Waals surface area contributed by atoms with E-state index < -0.39 is 15.8 Å². The van der Waals surface area contributed by atoms with E-state index in [0.29, 0.717) is 5.92 Å². The average molecular weight is 405 g/mol. The summed E-state index contributed by atoms with van der Waals surface area (Å²) in [6, 6.07) is 6.43. The van der Waals surface area contributed by atoms with Gasteiger partial charge in [0.15, 0.2) is 0 Å². The highest BCUT2D eigenvalue weighted by molar-refractivity contribution is 7.89. The summed E-state index contributed by atoms with van der Waals surface area (Å²) in [5.41, 5.74) is 0.446. The zero-order valence-electron chi connectivity index (χ0n) is 14.5. The lowest BCUT2D eigenvalue weighted by Crippen LogP contribution is -2.32. The molecule has 10 nitrogen and oxygen atoms in total. The summed E-state index contributed by atoms with van der Waals surface area (Å²) >= 11 is 0. The molecule has 0 amide bonds. The van der Waals surface area contributed by atoms with Crippen LogP contribution in [0.25, 0.3) is 11.4 Å². The minimum absolute atomic E-state index is 0.0434. The Kier molecular flexibility index (Phi) is 4.73. The van der Waals surface area contributed by atoms with Crippen molar-refractivity contribution in [3.63, 3.8) is 0 Å². The van der Waals surface area contributed by atoms with Crippen molar-refractivity contribution in [1.29, 1.82) is 0 Å². The molecule has 3 aromatic rings. The van der Waals surface area contributed by atoms with Gasteiger partial charge in [0.1, 0.15) is 5.82 Å². The van der Waals surface area contributed by atoms with E-state index in [0.717, 1.165) is 36.7 Å². The summed E-state index contributed by atoms with van der Waals surface area (Å²) in [7, 11) is -3.93. The van der Waals surface area contributed by atoms with E-state index in [9.17, 15) is 17.6 Å². The molecule has 1 aliphatic rings. The van der Waals surface area contributed by atoms with Crippen molar-refractivity contribution >= 4 is 10.0 Å². The van der Waals surface area contributed by atoms with Gasteiger partial charge in [-0.25, -0.2) is 22.2 Å². The molecule has 146 valence electrons. The number of hydrogen-bond donors (Lipinski definition) is 2. The molecule has 1 aromatic carbocycles. The van der Waals surface area contributed by atoms with Crippen LogP contribution in [0.4, 0.5) is 4.39 Å². The topological polar surface area (TPSA) is 136 Å². The van der Waals surface area contributed by atoms with Crippen molar-refractivity contribution < 1.29 is 12.8 Å². The van der Waals surface area contributed by atoms with Gasteiger partial charge in [0.25, 0.3) is 5.56 Å². The second-order valence-corrected chi connectivity index (χ2v) is 8.14. The minimum atomic E-state index is -3.93. The molecule has 1 fully saturated rings. The van der Waals surface area contributed by atoms with Gasteiger partial charge < -0.3 is 0 Å². The van der Waals surface area contributed by atoms with E-state index in [1.165, 1.54) is 10.7 Å². The van der Waals surface area contributed by atoms with E-state index in [4.69, 9.17) is 0 Å². The SMILES string of the molecule is O=c1ccc(C2CC2)nn1CCNS(=O)(=O)c1ccc(F)c(-c2nn[nH]n2)c1. The molecule has 1 saturated carbocycles. The number of rotatable bonds is 7. The van der Waals surface area contributed by atoms with E-state index in [2.05, 4.69) is 30.4 Å². The zero-order valence-corrected chi connectivity index (χ0v) is 15.4. The third-order valence-corrected chi connectivity index (χ3v) is 5.79. The van der Waals surface area contributed by atoms with Gasteiger partial charge in [-0.15, -0.1) is 10.2 Å². The average Bonchev–Trinajstić information content (AvgIpc) is 3.38. The Bertz CT molecular complexity index is 1160. The Balaban J connectivity index is 1.49. The maximum atomic E-state index is 14.0. The van der Waals surface area contributed by atoms with Crippen LogP contribution in [0.3, 0.4) is 0 Å². The third kappa shape index (κ3) is 3.82. The van der Waals surface area contributed by atoms with Gasteiger partial charge in [0.05, 0.1) is 22.7 Å². The summed E-state index contributed by atoms with van der Waals surface area (Å²) in [4.78, 5) is 11.8. The molecule has 0 atom stereocenters. The van der Waals surface area contributed by atoms with Crippen LogP contribution in [0.2, 0.25) is 0 Å². The summed E-state index contributed by atoms with van der Waals surface area (Å²) in [6.45, 7) is 0.0375. The first-order chi connectivity index (χ1) is 13.4. The van der Waals surface area contributed by atoms with E-state index in [1.807, 2.05) is 0 Å². The number of H-pyrrole nitrogens is 1. The van der Waals surface area contributed by atoms with E-state index in [-0.39, 0.29) is 34.9 Å². The monoisotopic (exact) mass is 405 g/mol. The molecule has 0 radical (unpaired) electrons. The van der Waals surface area contributed by atoms with Crippen molar-refractivity contribution in [3.8, 4) is 11.4 Å². The lowest BCUT2D eigenvalue weighted by molar-refractivity contribution is 0.540. The van der Waals surface area contributed by atoms with Gasteiger partial charge >= 0.3 is 0 Å². The normalized spacial score (nSPS) is 14.3. The first-order valence-electron chi connectivity index (χ1n) is 8.55. The third-order valence-electron chi connectivity index (χ3n) is 4.33. The van der Waals surface area contributed by atoms with Crippen LogP contribution in [-0.2, 0) is 16.6 Å². The van der Waals surface area contributed by atoms with Crippen LogP contribution in [0, 0.1) is 5.82 Å². The molecule has 1 aliphatic carbocycles. The first-order valence-corrected chi connectivity index (χ1v) is 10.0. The van der Waals surface area contributed by atoms with Crippen molar-refractivity contribution in [2.75, 3.05) is 6.54 Å². The largest absolute Gasteiger partial charge is 0.268 e. The molecule has 2 N–H and O–H groups in total. The molecule has 4 rings (SSSR count). The second kappa shape index (κ2) is 7.20. The predicted molar refractivity (Wildman–Crippen MR) is 95.2 cm³/mol.